The van der Waals surface area contributed by atoms with Gasteiger partial charge in [-0.05, 0) is 31.6 Å². The summed E-state index contributed by atoms with van der Waals surface area (Å²) in [4.78, 5) is 7.28. The molecule has 2 N–H and O–H groups in total. The molecule has 1 heterocycles. The summed E-state index contributed by atoms with van der Waals surface area (Å²) < 4.78 is 10.6. The minimum Gasteiger partial charge on any atom is -0.385 e. The van der Waals surface area contributed by atoms with Crippen LogP contribution >= 0.6 is 24.0 Å². The van der Waals surface area contributed by atoms with Crippen molar-refractivity contribution in [1.82, 2.24) is 15.5 Å². The van der Waals surface area contributed by atoms with E-state index in [0.717, 1.165) is 71.5 Å². The molecule has 0 atom stereocenters. The number of hydrogen-bond acceptors (Lipinski definition) is 4. The molecule has 0 bridgehead atoms. The van der Waals surface area contributed by atoms with Crippen molar-refractivity contribution in [2.24, 2.45) is 10.4 Å². The predicted molar refractivity (Wildman–Crippen MR) is 109 cm³/mol. The van der Waals surface area contributed by atoms with Crippen LogP contribution in [0.25, 0.3) is 0 Å². The van der Waals surface area contributed by atoms with Gasteiger partial charge in [-0.2, -0.15) is 0 Å². The quantitative estimate of drug-likeness (QED) is 0.316. The number of hydrogen-bond donors (Lipinski definition) is 2. The Morgan fingerprint density at radius 3 is 2.58 bits per heavy atom. The van der Waals surface area contributed by atoms with Gasteiger partial charge in [-0.3, -0.25) is 9.89 Å². The lowest BCUT2D eigenvalue weighted by molar-refractivity contribution is 0.0389. The van der Waals surface area contributed by atoms with Crippen LogP contribution in [-0.4, -0.2) is 77.1 Å². The van der Waals surface area contributed by atoms with E-state index < -0.39 is 0 Å². The Hall–Kier alpha value is -0.120. The van der Waals surface area contributed by atoms with E-state index in [4.69, 9.17) is 14.5 Å². The van der Waals surface area contributed by atoms with Gasteiger partial charge in [0.05, 0.1) is 13.2 Å². The number of ether oxygens (including phenoxy) is 2. The molecule has 1 saturated heterocycles. The summed E-state index contributed by atoms with van der Waals surface area (Å²) in [7, 11) is 1.78. The summed E-state index contributed by atoms with van der Waals surface area (Å²) in [6.07, 6.45) is 5.03. The van der Waals surface area contributed by atoms with Crippen LogP contribution in [-0.2, 0) is 9.47 Å². The van der Waals surface area contributed by atoms with E-state index in [1.165, 1.54) is 19.3 Å². The zero-order valence-electron chi connectivity index (χ0n) is 15.3. The zero-order valence-corrected chi connectivity index (χ0v) is 17.6. The Kier molecular flexibility index (Phi) is 11.2. The van der Waals surface area contributed by atoms with Crippen molar-refractivity contribution in [3.05, 3.63) is 0 Å². The number of nitrogens with one attached hydrogen (secondary N) is 2. The van der Waals surface area contributed by atoms with Crippen molar-refractivity contribution in [2.45, 2.75) is 32.6 Å². The van der Waals surface area contributed by atoms with Gasteiger partial charge in [-0.1, -0.05) is 6.42 Å². The van der Waals surface area contributed by atoms with Crippen molar-refractivity contribution in [3.63, 3.8) is 0 Å². The Balaban J connectivity index is 0.00000288. The molecule has 6 nitrogen and oxygen atoms in total. The molecule has 2 aliphatic rings. The van der Waals surface area contributed by atoms with Gasteiger partial charge >= 0.3 is 0 Å². The van der Waals surface area contributed by atoms with Gasteiger partial charge in [0.1, 0.15) is 0 Å². The number of nitrogens with zero attached hydrogens (tertiary/aromatic N) is 2. The average molecular weight is 454 g/mol. The van der Waals surface area contributed by atoms with Gasteiger partial charge in [0, 0.05) is 53.0 Å². The first-order valence-electron chi connectivity index (χ1n) is 9.09. The molecule has 0 aromatic heterocycles. The lowest BCUT2D eigenvalue weighted by Gasteiger charge is -2.40. The van der Waals surface area contributed by atoms with Gasteiger partial charge in [-0.15, -0.1) is 24.0 Å². The summed E-state index contributed by atoms with van der Waals surface area (Å²) in [5, 5.41) is 6.83. The molecule has 0 radical (unpaired) electrons. The number of morpholine rings is 1. The van der Waals surface area contributed by atoms with E-state index in [1.807, 2.05) is 0 Å². The maximum absolute atomic E-state index is 5.38. The fraction of sp³-hybridized carbons (Fsp3) is 0.941. The summed E-state index contributed by atoms with van der Waals surface area (Å²) in [5.41, 5.74) is 0.378. The molecule has 24 heavy (non-hydrogen) atoms. The molecule has 2 fully saturated rings. The monoisotopic (exact) mass is 454 g/mol. The van der Waals surface area contributed by atoms with Crippen LogP contribution in [0.5, 0.6) is 0 Å². The third kappa shape index (κ3) is 7.41. The lowest BCUT2D eigenvalue weighted by Crippen LogP contribution is -2.45. The topological polar surface area (TPSA) is 58.1 Å². The average Bonchev–Trinajstić information content (AvgIpc) is 2.54. The molecular formula is C17H35IN4O2. The van der Waals surface area contributed by atoms with Gasteiger partial charge in [0.2, 0.25) is 0 Å². The van der Waals surface area contributed by atoms with Crippen LogP contribution in [0.2, 0.25) is 0 Å². The molecule has 0 aromatic rings. The fourth-order valence-corrected chi connectivity index (χ4v) is 3.23. The Morgan fingerprint density at radius 2 is 2.00 bits per heavy atom. The van der Waals surface area contributed by atoms with Gasteiger partial charge in [0.25, 0.3) is 0 Å². The molecular weight excluding hydrogens is 419 g/mol. The molecule has 0 aromatic carbocycles. The van der Waals surface area contributed by atoms with E-state index in [0.29, 0.717) is 5.41 Å². The normalized spacial score (nSPS) is 20.8. The minimum atomic E-state index is 0. The third-order valence-electron chi connectivity index (χ3n) is 4.99. The fourth-order valence-electron chi connectivity index (χ4n) is 3.23. The first kappa shape index (κ1) is 21.9. The number of rotatable bonds is 9. The SMILES string of the molecule is CCNC(=NCC1(CCOC)CCC1)NCCN1CCOCC1.I. The van der Waals surface area contributed by atoms with Crippen LogP contribution < -0.4 is 10.6 Å². The van der Waals surface area contributed by atoms with Crippen LogP contribution in [0.4, 0.5) is 0 Å². The molecule has 1 saturated carbocycles. The maximum Gasteiger partial charge on any atom is 0.191 e. The van der Waals surface area contributed by atoms with E-state index >= 15 is 0 Å². The van der Waals surface area contributed by atoms with Gasteiger partial charge in [0.15, 0.2) is 5.96 Å². The number of aliphatic imine (C=N–C) groups is 1. The molecule has 142 valence electrons. The lowest BCUT2D eigenvalue weighted by atomic mass is 9.67. The second-order valence-corrected chi connectivity index (χ2v) is 6.67. The van der Waals surface area contributed by atoms with Crippen molar-refractivity contribution < 1.29 is 9.47 Å². The smallest absolute Gasteiger partial charge is 0.191 e. The number of guanidine groups is 1. The largest absolute Gasteiger partial charge is 0.385 e. The maximum atomic E-state index is 5.38. The Bertz CT molecular complexity index is 358. The molecule has 2 rings (SSSR count). The Labute approximate surface area is 164 Å². The Morgan fingerprint density at radius 1 is 1.25 bits per heavy atom. The van der Waals surface area contributed by atoms with E-state index in [2.05, 4.69) is 22.5 Å². The van der Waals surface area contributed by atoms with Crippen molar-refractivity contribution in [1.29, 1.82) is 0 Å². The highest BCUT2D eigenvalue weighted by Gasteiger charge is 2.36. The van der Waals surface area contributed by atoms with Crippen LogP contribution in [0.3, 0.4) is 0 Å². The molecule has 0 spiro atoms. The van der Waals surface area contributed by atoms with E-state index in [1.54, 1.807) is 7.11 Å². The summed E-state index contributed by atoms with van der Waals surface area (Å²) >= 11 is 0. The highest BCUT2D eigenvalue weighted by Crippen LogP contribution is 2.44. The second kappa shape index (κ2) is 12.3. The summed E-state index contributed by atoms with van der Waals surface area (Å²) in [6.45, 7) is 10.5. The van der Waals surface area contributed by atoms with Crippen LogP contribution in [0, 0.1) is 5.41 Å². The van der Waals surface area contributed by atoms with Crippen molar-refractivity contribution in [2.75, 3.05) is 66.2 Å². The van der Waals surface area contributed by atoms with E-state index in [9.17, 15) is 0 Å². The summed E-state index contributed by atoms with van der Waals surface area (Å²) in [6, 6.07) is 0. The van der Waals surface area contributed by atoms with Crippen LogP contribution in [0.15, 0.2) is 4.99 Å². The highest BCUT2D eigenvalue weighted by atomic mass is 127. The van der Waals surface area contributed by atoms with Crippen molar-refractivity contribution >= 4 is 29.9 Å². The first-order chi connectivity index (χ1) is 11.3. The molecule has 1 aliphatic carbocycles. The van der Waals surface area contributed by atoms with Crippen molar-refractivity contribution in [3.8, 4) is 0 Å². The number of halogens is 1. The van der Waals surface area contributed by atoms with Gasteiger partial charge < -0.3 is 20.1 Å². The standard InChI is InChI=1S/C17H34N4O2.HI/c1-3-18-16(19-8-9-21-10-13-23-14-11-21)20-15-17(5-4-6-17)7-12-22-2;/h3-15H2,1-2H3,(H2,18,19,20);1H. The van der Waals surface area contributed by atoms with Crippen LogP contribution in [0.1, 0.15) is 32.6 Å². The second-order valence-electron chi connectivity index (χ2n) is 6.67. The molecule has 0 amide bonds. The minimum absolute atomic E-state index is 0. The highest BCUT2D eigenvalue weighted by molar-refractivity contribution is 14.0. The predicted octanol–water partition coefficient (Wildman–Crippen LogP) is 1.70. The molecule has 0 unspecified atom stereocenters. The zero-order chi connectivity index (χ0) is 16.4. The summed E-state index contributed by atoms with van der Waals surface area (Å²) in [5.74, 6) is 0.949. The number of methoxy groups -OCH3 is 1. The third-order valence-corrected chi connectivity index (χ3v) is 4.99. The molecule has 1 aliphatic heterocycles. The van der Waals surface area contributed by atoms with E-state index in [-0.39, 0.29) is 24.0 Å². The first-order valence-corrected chi connectivity index (χ1v) is 9.09. The van der Waals surface area contributed by atoms with Gasteiger partial charge in [-0.25, -0.2) is 0 Å². The molecule has 7 heteroatoms.